The van der Waals surface area contributed by atoms with Crippen molar-refractivity contribution in [3.8, 4) is 28.6 Å². The van der Waals surface area contributed by atoms with Crippen molar-refractivity contribution < 1.29 is 19.1 Å². The molecule has 4 aromatic carbocycles. The first-order chi connectivity index (χ1) is 19.5. The molecule has 5 aromatic rings. The Morgan fingerprint density at radius 1 is 0.925 bits per heavy atom. The lowest BCUT2D eigenvalue weighted by Gasteiger charge is -2.15. The highest BCUT2D eigenvalue weighted by atomic mass is 16.6. The van der Waals surface area contributed by atoms with Crippen LogP contribution in [0.4, 0.5) is 5.69 Å². The van der Waals surface area contributed by atoms with Crippen molar-refractivity contribution in [3.63, 3.8) is 0 Å². The van der Waals surface area contributed by atoms with Crippen molar-refractivity contribution in [1.82, 2.24) is 9.66 Å². The zero-order valence-electron chi connectivity index (χ0n) is 21.7. The van der Waals surface area contributed by atoms with E-state index in [0.717, 1.165) is 5.56 Å². The van der Waals surface area contributed by atoms with Crippen LogP contribution in [-0.2, 0) is 6.61 Å². The standard InChI is InChI=1S/C30H24N4O6/c1-38-26-16-21(17-27(39-2)28(26)40-19-20-9-8-12-23(15-20)34(36)37)18-31-33-29(22-10-4-3-5-11-22)32-25-14-7-6-13-24(25)30(33)35/h3-18H,19H2,1-2H3. The predicted molar refractivity (Wildman–Crippen MR) is 151 cm³/mol. The minimum atomic E-state index is -0.460. The van der Waals surface area contributed by atoms with E-state index in [0.29, 0.717) is 45.1 Å². The molecule has 200 valence electrons. The van der Waals surface area contributed by atoms with Crippen LogP contribution in [0, 0.1) is 10.1 Å². The van der Waals surface area contributed by atoms with Gasteiger partial charge in [-0.15, -0.1) is 0 Å². The van der Waals surface area contributed by atoms with Crippen LogP contribution in [0.3, 0.4) is 0 Å². The first kappa shape index (κ1) is 26.1. The monoisotopic (exact) mass is 536 g/mol. The van der Waals surface area contributed by atoms with E-state index in [1.54, 1.807) is 42.5 Å². The number of methoxy groups -OCH3 is 2. The maximum atomic E-state index is 13.4. The SMILES string of the molecule is COc1cc(C=Nn2c(-c3ccccc3)nc3ccccc3c2=O)cc(OC)c1OCc1cccc([N+](=O)[O-])c1. The smallest absolute Gasteiger partial charge is 0.282 e. The van der Waals surface area contributed by atoms with Crippen LogP contribution in [0.2, 0.25) is 0 Å². The molecule has 1 heterocycles. The summed E-state index contributed by atoms with van der Waals surface area (Å²) >= 11 is 0. The number of benzene rings is 4. The average molecular weight is 537 g/mol. The minimum Gasteiger partial charge on any atom is -0.493 e. The number of ether oxygens (including phenoxy) is 3. The third-order valence-electron chi connectivity index (χ3n) is 6.10. The van der Waals surface area contributed by atoms with Crippen LogP contribution in [0.1, 0.15) is 11.1 Å². The van der Waals surface area contributed by atoms with Crippen LogP contribution in [0.5, 0.6) is 17.2 Å². The second-order valence-corrected chi connectivity index (χ2v) is 8.65. The van der Waals surface area contributed by atoms with Crippen molar-refractivity contribution >= 4 is 22.8 Å². The fourth-order valence-corrected chi connectivity index (χ4v) is 4.16. The summed E-state index contributed by atoms with van der Waals surface area (Å²) in [5.41, 5.74) is 2.17. The van der Waals surface area contributed by atoms with Crippen molar-refractivity contribution in [2.75, 3.05) is 14.2 Å². The molecule has 5 rings (SSSR count). The number of fused-ring (bicyclic) bond motifs is 1. The maximum absolute atomic E-state index is 13.4. The van der Waals surface area contributed by atoms with Gasteiger partial charge in [0.2, 0.25) is 5.75 Å². The Bertz CT molecular complexity index is 1760. The second kappa shape index (κ2) is 11.5. The van der Waals surface area contributed by atoms with Gasteiger partial charge in [0.1, 0.15) is 6.61 Å². The Labute approximate surface area is 228 Å². The summed E-state index contributed by atoms with van der Waals surface area (Å²) in [7, 11) is 2.97. The van der Waals surface area contributed by atoms with Gasteiger partial charge in [0.05, 0.1) is 36.3 Å². The van der Waals surface area contributed by atoms with Gasteiger partial charge >= 0.3 is 0 Å². The first-order valence-corrected chi connectivity index (χ1v) is 12.2. The third kappa shape index (κ3) is 5.37. The Hall–Kier alpha value is -5.51. The fraction of sp³-hybridized carbons (Fsp3) is 0.100. The van der Waals surface area contributed by atoms with Gasteiger partial charge in [-0.05, 0) is 29.8 Å². The Kier molecular flexibility index (Phi) is 7.49. The summed E-state index contributed by atoms with van der Waals surface area (Å²) in [6.45, 7) is 0.0560. The number of nitro groups is 1. The largest absolute Gasteiger partial charge is 0.493 e. The zero-order valence-corrected chi connectivity index (χ0v) is 21.7. The van der Waals surface area contributed by atoms with Crippen molar-refractivity contribution in [2.45, 2.75) is 6.61 Å². The van der Waals surface area contributed by atoms with Crippen LogP contribution >= 0.6 is 0 Å². The number of rotatable bonds is 9. The molecule has 0 saturated carbocycles. The summed E-state index contributed by atoms with van der Waals surface area (Å²) in [6.07, 6.45) is 1.51. The summed E-state index contributed by atoms with van der Waals surface area (Å²) < 4.78 is 18.3. The molecule has 0 amide bonds. The molecule has 40 heavy (non-hydrogen) atoms. The second-order valence-electron chi connectivity index (χ2n) is 8.65. The van der Waals surface area contributed by atoms with Gasteiger partial charge in [-0.3, -0.25) is 14.9 Å². The van der Waals surface area contributed by atoms with Gasteiger partial charge in [0.15, 0.2) is 17.3 Å². The Morgan fingerprint density at radius 2 is 1.62 bits per heavy atom. The Balaban J connectivity index is 1.52. The van der Waals surface area contributed by atoms with Crippen molar-refractivity contribution in [1.29, 1.82) is 0 Å². The van der Waals surface area contributed by atoms with E-state index >= 15 is 0 Å². The van der Waals surface area contributed by atoms with Gasteiger partial charge in [-0.2, -0.15) is 9.78 Å². The minimum absolute atomic E-state index is 0.0279. The molecule has 0 fully saturated rings. The van der Waals surface area contributed by atoms with Gasteiger partial charge in [-0.1, -0.05) is 54.6 Å². The number of hydrogen-bond acceptors (Lipinski definition) is 8. The lowest BCUT2D eigenvalue weighted by Crippen LogP contribution is -2.20. The molecule has 0 saturated heterocycles. The van der Waals surface area contributed by atoms with Crippen LogP contribution in [0.25, 0.3) is 22.3 Å². The van der Waals surface area contributed by atoms with E-state index in [2.05, 4.69) is 5.10 Å². The van der Waals surface area contributed by atoms with Gasteiger partial charge in [0, 0.05) is 23.3 Å². The molecule has 0 aliphatic carbocycles. The molecular formula is C30H24N4O6. The zero-order chi connectivity index (χ0) is 28.1. The van der Waals surface area contributed by atoms with E-state index in [1.165, 1.54) is 37.2 Å². The quantitative estimate of drug-likeness (QED) is 0.140. The molecule has 0 spiro atoms. The number of nitro benzene ring substituents is 1. The highest BCUT2D eigenvalue weighted by molar-refractivity contribution is 5.83. The van der Waals surface area contributed by atoms with Crippen LogP contribution in [-0.4, -0.2) is 35.0 Å². The first-order valence-electron chi connectivity index (χ1n) is 12.2. The van der Waals surface area contributed by atoms with Crippen LogP contribution < -0.4 is 19.8 Å². The van der Waals surface area contributed by atoms with Gasteiger partial charge in [-0.25, -0.2) is 4.98 Å². The fourth-order valence-electron chi connectivity index (χ4n) is 4.16. The van der Waals surface area contributed by atoms with Crippen molar-refractivity contribution in [3.05, 3.63) is 123 Å². The summed E-state index contributed by atoms with van der Waals surface area (Å²) in [5, 5.41) is 16.1. The average Bonchev–Trinajstić information content (AvgIpc) is 2.99. The number of non-ortho nitro benzene ring substituents is 1. The van der Waals surface area contributed by atoms with E-state index < -0.39 is 4.92 Å². The van der Waals surface area contributed by atoms with Crippen LogP contribution in [0.15, 0.2) is 101 Å². The molecule has 10 heteroatoms. The maximum Gasteiger partial charge on any atom is 0.282 e. The van der Waals surface area contributed by atoms with Gasteiger partial charge < -0.3 is 14.2 Å². The summed E-state index contributed by atoms with van der Waals surface area (Å²) in [5.74, 6) is 1.44. The molecule has 0 bridgehead atoms. The number of hydrogen-bond donors (Lipinski definition) is 0. The molecule has 10 nitrogen and oxygen atoms in total. The third-order valence-corrected chi connectivity index (χ3v) is 6.10. The normalized spacial score (nSPS) is 11.1. The molecular weight excluding hydrogens is 512 g/mol. The van der Waals surface area contributed by atoms with Gasteiger partial charge in [0.25, 0.3) is 11.2 Å². The Morgan fingerprint density at radius 3 is 2.33 bits per heavy atom. The predicted octanol–water partition coefficient (Wildman–Crippen LogP) is 5.45. The molecule has 1 aromatic heterocycles. The highest BCUT2D eigenvalue weighted by Crippen LogP contribution is 2.39. The molecule has 0 unspecified atom stereocenters. The summed E-state index contributed by atoms with van der Waals surface area (Å²) in [6, 6.07) is 26.0. The number of nitrogens with zero attached hydrogens (tertiary/aromatic N) is 4. The topological polar surface area (TPSA) is 118 Å². The molecule has 0 aliphatic rings. The van der Waals surface area contributed by atoms with Crippen molar-refractivity contribution in [2.24, 2.45) is 5.10 Å². The highest BCUT2D eigenvalue weighted by Gasteiger charge is 2.16. The summed E-state index contributed by atoms with van der Waals surface area (Å²) in [4.78, 5) is 28.8. The van der Waals surface area contributed by atoms with E-state index in [4.69, 9.17) is 19.2 Å². The van der Waals surface area contributed by atoms with E-state index in [9.17, 15) is 14.9 Å². The molecule has 0 atom stereocenters. The van der Waals surface area contributed by atoms with E-state index in [1.807, 2.05) is 36.4 Å². The van der Waals surface area contributed by atoms with E-state index in [-0.39, 0.29) is 17.9 Å². The number of aromatic nitrogens is 2. The lowest BCUT2D eigenvalue weighted by atomic mass is 10.2. The number of para-hydroxylation sites is 1. The molecule has 0 N–H and O–H groups in total. The lowest BCUT2D eigenvalue weighted by molar-refractivity contribution is -0.384. The molecule has 0 radical (unpaired) electrons. The molecule has 0 aliphatic heterocycles.